The summed E-state index contributed by atoms with van der Waals surface area (Å²) in [6.45, 7) is 3.61. The zero-order valence-corrected chi connectivity index (χ0v) is 10.5. The SMILES string of the molecule is COc1ccc(NC(=O)C(C)(C)CCl)cc1. The smallest absolute Gasteiger partial charge is 0.231 e. The third-order valence-electron chi connectivity index (χ3n) is 2.30. The molecule has 4 heteroatoms. The fraction of sp³-hybridized carbons (Fsp3) is 0.417. The number of alkyl halides is 1. The van der Waals surface area contributed by atoms with Gasteiger partial charge in [-0.25, -0.2) is 0 Å². The highest BCUT2D eigenvalue weighted by Crippen LogP contribution is 2.21. The van der Waals surface area contributed by atoms with Crippen molar-refractivity contribution >= 4 is 23.2 Å². The molecule has 88 valence electrons. The van der Waals surface area contributed by atoms with Gasteiger partial charge in [0.1, 0.15) is 5.75 Å². The number of methoxy groups -OCH3 is 1. The lowest BCUT2D eigenvalue weighted by Crippen LogP contribution is -2.32. The van der Waals surface area contributed by atoms with Gasteiger partial charge in [0, 0.05) is 11.6 Å². The lowest BCUT2D eigenvalue weighted by atomic mass is 9.95. The Kier molecular flexibility index (Phi) is 4.19. The summed E-state index contributed by atoms with van der Waals surface area (Å²) in [5.41, 5.74) is 0.172. The predicted octanol–water partition coefficient (Wildman–Crippen LogP) is 2.90. The van der Waals surface area contributed by atoms with Gasteiger partial charge in [0.05, 0.1) is 12.5 Å². The van der Waals surface area contributed by atoms with Crippen molar-refractivity contribution in [1.82, 2.24) is 0 Å². The summed E-state index contributed by atoms with van der Waals surface area (Å²) in [6, 6.07) is 7.18. The number of carbonyl (C=O) groups is 1. The van der Waals surface area contributed by atoms with Gasteiger partial charge in [-0.1, -0.05) is 0 Å². The number of hydrogen-bond acceptors (Lipinski definition) is 2. The van der Waals surface area contributed by atoms with Crippen LogP contribution < -0.4 is 10.1 Å². The van der Waals surface area contributed by atoms with Crippen molar-refractivity contribution in [2.24, 2.45) is 5.41 Å². The molecule has 0 radical (unpaired) electrons. The largest absolute Gasteiger partial charge is 0.497 e. The van der Waals surface area contributed by atoms with E-state index in [-0.39, 0.29) is 11.8 Å². The molecule has 1 aromatic carbocycles. The molecule has 0 aliphatic rings. The van der Waals surface area contributed by atoms with Crippen molar-refractivity contribution < 1.29 is 9.53 Å². The number of ether oxygens (including phenoxy) is 1. The predicted molar refractivity (Wildman–Crippen MR) is 66.1 cm³/mol. The van der Waals surface area contributed by atoms with Crippen LogP contribution in [0.5, 0.6) is 5.75 Å². The first kappa shape index (κ1) is 12.8. The number of nitrogens with one attached hydrogen (secondary N) is 1. The highest BCUT2D eigenvalue weighted by molar-refractivity contribution is 6.20. The summed E-state index contributed by atoms with van der Waals surface area (Å²) in [7, 11) is 1.60. The molecule has 0 atom stereocenters. The van der Waals surface area contributed by atoms with Crippen molar-refractivity contribution in [3.63, 3.8) is 0 Å². The topological polar surface area (TPSA) is 38.3 Å². The second-order valence-corrected chi connectivity index (χ2v) is 4.47. The van der Waals surface area contributed by atoms with E-state index in [1.807, 2.05) is 0 Å². The van der Waals surface area contributed by atoms with E-state index < -0.39 is 5.41 Å². The first-order valence-corrected chi connectivity index (χ1v) is 5.54. The maximum Gasteiger partial charge on any atom is 0.231 e. The molecule has 0 heterocycles. The minimum absolute atomic E-state index is 0.0901. The van der Waals surface area contributed by atoms with Crippen LogP contribution >= 0.6 is 11.6 Å². The van der Waals surface area contributed by atoms with Crippen molar-refractivity contribution in [2.75, 3.05) is 18.3 Å². The molecule has 1 N–H and O–H groups in total. The van der Waals surface area contributed by atoms with E-state index in [2.05, 4.69) is 5.32 Å². The third-order valence-corrected chi connectivity index (χ3v) is 2.96. The molecule has 0 spiro atoms. The van der Waals surface area contributed by atoms with Gasteiger partial charge < -0.3 is 10.1 Å². The lowest BCUT2D eigenvalue weighted by molar-refractivity contribution is -0.122. The van der Waals surface area contributed by atoms with Crippen LogP contribution in [0.15, 0.2) is 24.3 Å². The second-order valence-electron chi connectivity index (χ2n) is 4.20. The Hall–Kier alpha value is -1.22. The standard InChI is InChI=1S/C12H16ClNO2/c1-12(2,8-13)11(15)14-9-4-6-10(16-3)7-5-9/h4-7H,8H2,1-3H3,(H,14,15). The van der Waals surface area contributed by atoms with E-state index in [0.29, 0.717) is 0 Å². The van der Waals surface area contributed by atoms with Gasteiger partial charge in [0.15, 0.2) is 0 Å². The summed E-state index contributed by atoms with van der Waals surface area (Å²) in [5, 5.41) is 2.81. The van der Waals surface area contributed by atoms with E-state index in [4.69, 9.17) is 16.3 Å². The molecule has 0 saturated carbocycles. The summed E-state index contributed by atoms with van der Waals surface area (Å²) in [4.78, 5) is 11.8. The van der Waals surface area contributed by atoms with Gasteiger partial charge in [-0.05, 0) is 38.1 Å². The number of hydrogen-bond donors (Lipinski definition) is 1. The number of carbonyl (C=O) groups excluding carboxylic acids is 1. The second kappa shape index (κ2) is 5.21. The molecule has 16 heavy (non-hydrogen) atoms. The molecule has 0 aromatic heterocycles. The highest BCUT2D eigenvalue weighted by atomic mass is 35.5. The summed E-state index contributed by atoms with van der Waals surface area (Å²) in [5.74, 6) is 0.955. The average Bonchev–Trinajstić information content (AvgIpc) is 2.30. The average molecular weight is 242 g/mol. The number of anilines is 1. The molecule has 1 amide bonds. The first-order chi connectivity index (χ1) is 7.49. The number of rotatable bonds is 4. The Bertz CT molecular complexity index is 360. The molecular formula is C12H16ClNO2. The minimum atomic E-state index is -0.568. The number of benzene rings is 1. The van der Waals surface area contributed by atoms with Crippen molar-refractivity contribution in [1.29, 1.82) is 0 Å². The van der Waals surface area contributed by atoms with Crippen molar-refractivity contribution in [2.45, 2.75) is 13.8 Å². The number of halogens is 1. The Morgan fingerprint density at radius 3 is 2.38 bits per heavy atom. The van der Waals surface area contributed by atoms with Crippen LogP contribution in [0.4, 0.5) is 5.69 Å². The van der Waals surface area contributed by atoms with E-state index in [1.54, 1.807) is 45.2 Å². The number of amides is 1. The van der Waals surface area contributed by atoms with E-state index in [0.717, 1.165) is 11.4 Å². The first-order valence-electron chi connectivity index (χ1n) is 5.01. The van der Waals surface area contributed by atoms with Crippen LogP contribution in [-0.2, 0) is 4.79 Å². The molecule has 0 aliphatic heterocycles. The van der Waals surface area contributed by atoms with Gasteiger partial charge in [-0.15, -0.1) is 11.6 Å². The monoisotopic (exact) mass is 241 g/mol. The van der Waals surface area contributed by atoms with Gasteiger partial charge in [0.2, 0.25) is 5.91 Å². The Morgan fingerprint density at radius 1 is 1.38 bits per heavy atom. The lowest BCUT2D eigenvalue weighted by Gasteiger charge is -2.20. The fourth-order valence-electron chi connectivity index (χ4n) is 1.04. The molecule has 0 fully saturated rings. The quantitative estimate of drug-likeness (QED) is 0.824. The Balaban J connectivity index is 2.70. The molecule has 3 nitrogen and oxygen atoms in total. The molecule has 0 unspecified atom stereocenters. The normalized spacial score (nSPS) is 11.0. The summed E-state index contributed by atoms with van der Waals surface area (Å²) < 4.78 is 5.03. The highest BCUT2D eigenvalue weighted by Gasteiger charge is 2.26. The Labute approximate surface area is 101 Å². The molecule has 0 bridgehead atoms. The van der Waals surface area contributed by atoms with Crippen LogP contribution in [0.25, 0.3) is 0 Å². The van der Waals surface area contributed by atoms with Gasteiger partial charge in [-0.3, -0.25) is 4.79 Å². The fourth-order valence-corrected chi connectivity index (χ4v) is 1.16. The zero-order chi connectivity index (χ0) is 12.2. The van der Waals surface area contributed by atoms with E-state index >= 15 is 0 Å². The van der Waals surface area contributed by atoms with Crippen LogP contribution in [0.1, 0.15) is 13.8 Å². The summed E-state index contributed by atoms with van der Waals surface area (Å²) in [6.07, 6.45) is 0. The molecule has 0 aliphatic carbocycles. The Morgan fingerprint density at radius 2 is 1.94 bits per heavy atom. The molecule has 0 saturated heterocycles. The molecule has 1 rings (SSSR count). The van der Waals surface area contributed by atoms with Crippen LogP contribution in [0, 0.1) is 5.41 Å². The maximum atomic E-state index is 11.8. The van der Waals surface area contributed by atoms with Crippen LogP contribution in [0.2, 0.25) is 0 Å². The molecular weight excluding hydrogens is 226 g/mol. The van der Waals surface area contributed by atoms with Crippen LogP contribution in [-0.4, -0.2) is 18.9 Å². The van der Waals surface area contributed by atoms with E-state index in [1.165, 1.54) is 0 Å². The maximum absolute atomic E-state index is 11.8. The molecule has 1 aromatic rings. The van der Waals surface area contributed by atoms with Crippen molar-refractivity contribution in [3.8, 4) is 5.75 Å². The van der Waals surface area contributed by atoms with E-state index in [9.17, 15) is 4.79 Å². The van der Waals surface area contributed by atoms with Crippen LogP contribution in [0.3, 0.4) is 0 Å². The summed E-state index contributed by atoms with van der Waals surface area (Å²) >= 11 is 5.72. The van der Waals surface area contributed by atoms with Gasteiger partial charge in [0.25, 0.3) is 0 Å². The van der Waals surface area contributed by atoms with Gasteiger partial charge >= 0.3 is 0 Å². The third kappa shape index (κ3) is 3.14. The minimum Gasteiger partial charge on any atom is -0.497 e. The zero-order valence-electron chi connectivity index (χ0n) is 9.71. The van der Waals surface area contributed by atoms with Crippen molar-refractivity contribution in [3.05, 3.63) is 24.3 Å². The van der Waals surface area contributed by atoms with Gasteiger partial charge in [-0.2, -0.15) is 0 Å².